The van der Waals surface area contributed by atoms with Gasteiger partial charge in [0.15, 0.2) is 0 Å². The Morgan fingerprint density at radius 3 is 2.35 bits per heavy atom. The van der Waals surface area contributed by atoms with Crippen molar-refractivity contribution in [2.75, 3.05) is 0 Å². The predicted molar refractivity (Wildman–Crippen MR) is 121 cm³/mol. The molecule has 0 amide bonds. The van der Waals surface area contributed by atoms with Crippen LogP contribution in [0.4, 0.5) is 8.78 Å². The molecule has 160 valence electrons. The summed E-state index contributed by atoms with van der Waals surface area (Å²) in [5.41, 5.74) is 2.93. The molecule has 2 aliphatic carbocycles. The van der Waals surface area contributed by atoms with Gasteiger partial charge in [0, 0.05) is 0 Å². The first-order chi connectivity index (χ1) is 14.6. The summed E-state index contributed by atoms with van der Waals surface area (Å²) in [5, 5.41) is 9.02. The zero-order valence-electron chi connectivity index (χ0n) is 18.6. The van der Waals surface area contributed by atoms with E-state index in [1.807, 2.05) is 18.3 Å². The van der Waals surface area contributed by atoms with Gasteiger partial charge >= 0.3 is 187 Å². The van der Waals surface area contributed by atoms with Gasteiger partial charge < -0.3 is 0 Å². The maximum absolute atomic E-state index is 14.4. The van der Waals surface area contributed by atoms with Gasteiger partial charge in [-0.1, -0.05) is 0 Å². The quantitative estimate of drug-likeness (QED) is 0.420. The van der Waals surface area contributed by atoms with Gasteiger partial charge in [0.05, 0.1) is 0 Å². The summed E-state index contributed by atoms with van der Waals surface area (Å²) in [5.74, 6) is -0.961. The summed E-state index contributed by atoms with van der Waals surface area (Å²) in [6, 6.07) is 10.1. The van der Waals surface area contributed by atoms with Crippen LogP contribution in [0, 0.1) is 17.0 Å². The van der Waals surface area contributed by atoms with E-state index in [0.717, 1.165) is 29.8 Å². The van der Waals surface area contributed by atoms with Gasteiger partial charge in [-0.05, 0) is 0 Å². The van der Waals surface area contributed by atoms with Crippen molar-refractivity contribution in [2.24, 2.45) is 5.41 Å². The maximum atomic E-state index is 14.4. The molecule has 2 bridgehead atoms. The van der Waals surface area contributed by atoms with E-state index in [0.29, 0.717) is 0 Å². The molecular weight excluding hydrogens is 499 g/mol. The van der Waals surface area contributed by atoms with E-state index < -0.39 is 30.0 Å². The molecule has 6 heteroatoms. The van der Waals surface area contributed by atoms with Crippen molar-refractivity contribution in [3.8, 4) is 11.3 Å². The second-order valence-electron chi connectivity index (χ2n) is 10.5. The fourth-order valence-corrected chi connectivity index (χ4v) is 10.6. The number of fused-ring (bicyclic) bond motifs is 5. The second kappa shape index (κ2) is 6.80. The van der Waals surface area contributed by atoms with Crippen LogP contribution in [0.2, 0.25) is 14.8 Å². The molecule has 5 rings (SSSR count). The van der Waals surface area contributed by atoms with Gasteiger partial charge in [-0.25, -0.2) is 0 Å². The Hall–Kier alpha value is -1.89. The van der Waals surface area contributed by atoms with E-state index in [2.05, 4.69) is 44.9 Å². The van der Waals surface area contributed by atoms with Crippen molar-refractivity contribution in [3.05, 3.63) is 71.2 Å². The van der Waals surface area contributed by atoms with Gasteiger partial charge in [-0.15, -0.1) is 0 Å². The first-order valence-electron chi connectivity index (χ1n) is 10.9. The Morgan fingerprint density at radius 1 is 0.968 bits per heavy atom. The van der Waals surface area contributed by atoms with E-state index in [-0.39, 0.29) is 28.0 Å². The standard InChI is InChI=1S/C22H18F2N3.3CH3.Sn/c1-21(2)14-9-10-22(21,18-8-3-4-11-25-18)20-13(14)12-17(26-27-20)19-15(23)6-5-7-16(19)24;;;;/h3-7,11-12,14H,9-10H2,1-2H3;3*1H3;/t14-,22+;;;;/m0..../s1. The molecule has 1 aromatic carbocycles. The van der Waals surface area contributed by atoms with Crippen LogP contribution >= 0.6 is 0 Å². The normalized spacial score (nSPS) is 23.8. The number of benzene rings is 1. The molecule has 3 aromatic rings. The summed E-state index contributed by atoms with van der Waals surface area (Å²) in [6.07, 6.45) is 3.88. The molecule has 1 saturated carbocycles. The Labute approximate surface area is 186 Å². The summed E-state index contributed by atoms with van der Waals surface area (Å²) in [6.45, 7) is 4.60. The van der Waals surface area contributed by atoms with Crippen LogP contribution in [-0.2, 0) is 5.41 Å². The van der Waals surface area contributed by atoms with E-state index in [9.17, 15) is 8.78 Å². The van der Waals surface area contributed by atoms with Crippen LogP contribution in [-0.4, -0.2) is 33.6 Å². The van der Waals surface area contributed by atoms with Crippen LogP contribution < -0.4 is 3.58 Å². The Balaban J connectivity index is 1.76. The van der Waals surface area contributed by atoms with E-state index in [1.54, 1.807) is 0 Å². The SMILES string of the molecule is CC1(C)[C@H]2CC[C@@]1(c1nccc[c]1[Sn]([CH3])([CH3])[CH3])c1nnc(-c3c(F)cccc3F)cc12. The van der Waals surface area contributed by atoms with Crippen LogP contribution in [0.15, 0.2) is 42.6 Å². The number of hydrogen-bond donors (Lipinski definition) is 0. The third kappa shape index (κ3) is 2.77. The van der Waals surface area contributed by atoms with Crippen molar-refractivity contribution >= 4 is 22.0 Å². The van der Waals surface area contributed by atoms with Crippen molar-refractivity contribution in [1.29, 1.82) is 0 Å². The van der Waals surface area contributed by atoms with E-state index in [4.69, 9.17) is 4.98 Å². The van der Waals surface area contributed by atoms with Crippen molar-refractivity contribution in [1.82, 2.24) is 15.2 Å². The summed E-state index contributed by atoms with van der Waals surface area (Å²) in [4.78, 5) is 12.2. The number of aromatic nitrogens is 3. The number of pyridine rings is 1. The molecule has 2 aliphatic rings. The first-order valence-corrected chi connectivity index (χ1v) is 20.9. The predicted octanol–water partition coefficient (Wildman–Crippen LogP) is 5.57. The minimum atomic E-state index is -2.48. The second-order valence-corrected chi connectivity index (χ2v) is 24.9. The average molecular weight is 526 g/mol. The molecule has 2 heterocycles. The molecule has 0 radical (unpaired) electrons. The molecule has 0 spiro atoms. The molecule has 0 unspecified atom stereocenters. The molecule has 0 saturated heterocycles. The summed E-state index contributed by atoms with van der Waals surface area (Å²) in [7, 11) is 0. The van der Waals surface area contributed by atoms with Crippen molar-refractivity contribution in [2.45, 2.75) is 52.8 Å². The molecule has 0 aliphatic heterocycles. The fourth-order valence-electron chi connectivity index (χ4n) is 6.06. The summed E-state index contributed by atoms with van der Waals surface area (Å²) >= 11 is -2.48. The zero-order chi connectivity index (χ0) is 22.2. The van der Waals surface area contributed by atoms with Crippen LogP contribution in [0.25, 0.3) is 11.3 Å². The number of nitrogens with zero attached hydrogens (tertiary/aromatic N) is 3. The average Bonchev–Trinajstić information content (AvgIpc) is 3.08. The van der Waals surface area contributed by atoms with Gasteiger partial charge in [0.1, 0.15) is 0 Å². The van der Waals surface area contributed by atoms with Crippen molar-refractivity contribution < 1.29 is 8.78 Å². The van der Waals surface area contributed by atoms with Gasteiger partial charge in [0.25, 0.3) is 0 Å². The van der Waals surface area contributed by atoms with Crippen LogP contribution in [0.5, 0.6) is 0 Å². The van der Waals surface area contributed by atoms with Crippen LogP contribution in [0.3, 0.4) is 0 Å². The molecule has 3 nitrogen and oxygen atoms in total. The Kier molecular flexibility index (Phi) is 4.60. The zero-order valence-corrected chi connectivity index (χ0v) is 21.5. The van der Waals surface area contributed by atoms with Gasteiger partial charge in [-0.3, -0.25) is 0 Å². The number of rotatable bonds is 3. The van der Waals surface area contributed by atoms with Gasteiger partial charge in [-0.2, -0.15) is 0 Å². The third-order valence-electron chi connectivity index (χ3n) is 7.62. The molecule has 1 fully saturated rings. The topological polar surface area (TPSA) is 38.7 Å². The third-order valence-corrected chi connectivity index (χ3v) is 13.4. The van der Waals surface area contributed by atoms with Crippen molar-refractivity contribution in [3.63, 3.8) is 0 Å². The Bertz CT molecular complexity index is 1180. The molecule has 31 heavy (non-hydrogen) atoms. The summed E-state index contributed by atoms with van der Waals surface area (Å²) < 4.78 is 30.3. The van der Waals surface area contributed by atoms with Gasteiger partial charge in [0.2, 0.25) is 0 Å². The fraction of sp³-hybridized carbons (Fsp3) is 0.400. The minimum absolute atomic E-state index is 0.100. The van der Waals surface area contributed by atoms with E-state index >= 15 is 0 Å². The molecule has 0 N–H and O–H groups in total. The monoisotopic (exact) mass is 527 g/mol. The first kappa shape index (κ1) is 21.0. The molecule has 2 aromatic heterocycles. The number of hydrogen-bond acceptors (Lipinski definition) is 3. The van der Waals surface area contributed by atoms with E-state index in [1.165, 1.54) is 21.8 Å². The van der Waals surface area contributed by atoms with Crippen LogP contribution in [0.1, 0.15) is 49.6 Å². The number of halogens is 2. The molecular formula is C25H27F2N3Sn. The molecule has 2 atom stereocenters. The Morgan fingerprint density at radius 2 is 1.68 bits per heavy atom.